The third-order valence-electron chi connectivity index (χ3n) is 4.35. The van der Waals surface area contributed by atoms with Gasteiger partial charge in [0.05, 0.1) is 17.9 Å². The molecule has 0 unspecified atom stereocenters. The number of aromatic nitrogens is 1. The van der Waals surface area contributed by atoms with Gasteiger partial charge in [-0.25, -0.2) is 17.7 Å². The number of piperidine rings is 1. The predicted molar refractivity (Wildman–Crippen MR) is 86.4 cm³/mol. The highest BCUT2D eigenvalue weighted by Crippen LogP contribution is 2.29. The summed E-state index contributed by atoms with van der Waals surface area (Å²) < 4.78 is 29.9. The summed E-state index contributed by atoms with van der Waals surface area (Å²) in [5.74, 6) is 1.36. The number of furan rings is 1. The summed E-state index contributed by atoms with van der Waals surface area (Å²) in [4.78, 5) is 6.75. The van der Waals surface area contributed by atoms with Crippen LogP contribution in [0.3, 0.4) is 0 Å². The van der Waals surface area contributed by atoms with Crippen molar-refractivity contribution in [1.82, 2.24) is 9.29 Å². The average molecular weight is 323 g/mol. The number of rotatable bonds is 4. The maximum atomic E-state index is 11.5. The van der Waals surface area contributed by atoms with Crippen LogP contribution in [0.5, 0.6) is 0 Å². The molecule has 0 atom stereocenters. The van der Waals surface area contributed by atoms with Crippen LogP contribution in [0.1, 0.15) is 12.8 Å². The third-order valence-corrected chi connectivity index (χ3v) is 5.64. The van der Waals surface area contributed by atoms with E-state index in [-0.39, 0.29) is 0 Å². The van der Waals surface area contributed by atoms with E-state index in [1.54, 1.807) is 19.5 Å². The van der Waals surface area contributed by atoms with Crippen molar-refractivity contribution < 1.29 is 12.8 Å². The Bertz CT molecular complexity index is 748. The molecule has 0 aliphatic carbocycles. The first-order valence-corrected chi connectivity index (χ1v) is 9.28. The molecule has 0 saturated carbocycles. The van der Waals surface area contributed by atoms with Gasteiger partial charge in [0.2, 0.25) is 10.0 Å². The van der Waals surface area contributed by atoms with Crippen LogP contribution in [0.2, 0.25) is 0 Å². The molecule has 6 nitrogen and oxygen atoms in total. The zero-order valence-corrected chi connectivity index (χ0v) is 13.7. The monoisotopic (exact) mass is 323 g/mol. The second-order valence-electron chi connectivity index (χ2n) is 5.94. The van der Waals surface area contributed by atoms with E-state index in [1.165, 1.54) is 10.6 Å². The van der Waals surface area contributed by atoms with Crippen molar-refractivity contribution in [3.8, 4) is 0 Å². The van der Waals surface area contributed by atoms with E-state index in [0.29, 0.717) is 12.5 Å². The summed E-state index contributed by atoms with van der Waals surface area (Å²) in [6, 6.07) is 3.81. The van der Waals surface area contributed by atoms with Gasteiger partial charge in [-0.1, -0.05) is 0 Å². The zero-order valence-electron chi connectivity index (χ0n) is 12.9. The van der Waals surface area contributed by atoms with Crippen LogP contribution in [0, 0.1) is 5.92 Å². The molecule has 0 aromatic carbocycles. The van der Waals surface area contributed by atoms with Gasteiger partial charge in [-0.3, -0.25) is 0 Å². The summed E-state index contributed by atoms with van der Waals surface area (Å²) in [6.45, 7) is 2.37. The molecule has 2 aromatic rings. The number of pyridine rings is 1. The molecule has 0 spiro atoms. The van der Waals surface area contributed by atoms with Crippen molar-refractivity contribution in [2.45, 2.75) is 12.8 Å². The van der Waals surface area contributed by atoms with Crippen molar-refractivity contribution in [2.24, 2.45) is 5.92 Å². The Labute approximate surface area is 130 Å². The van der Waals surface area contributed by atoms with Gasteiger partial charge in [-0.05, 0) is 30.9 Å². The Hall–Kier alpha value is -1.60. The fourth-order valence-corrected chi connectivity index (χ4v) is 3.44. The highest BCUT2D eigenvalue weighted by Gasteiger charge is 2.24. The van der Waals surface area contributed by atoms with Crippen LogP contribution >= 0.6 is 0 Å². The minimum Gasteiger partial charge on any atom is -0.464 e. The molecule has 120 valence electrons. The number of hydrogen-bond donors (Lipinski definition) is 0. The molecule has 1 aliphatic heterocycles. The largest absolute Gasteiger partial charge is 0.464 e. The van der Waals surface area contributed by atoms with Gasteiger partial charge >= 0.3 is 0 Å². The fourth-order valence-electron chi connectivity index (χ4n) is 2.96. The molecule has 0 radical (unpaired) electrons. The Morgan fingerprint density at radius 2 is 2.09 bits per heavy atom. The topological polar surface area (TPSA) is 66.7 Å². The Morgan fingerprint density at radius 3 is 2.77 bits per heavy atom. The summed E-state index contributed by atoms with van der Waals surface area (Å²) in [6.07, 6.45) is 6.64. The van der Waals surface area contributed by atoms with Crippen LogP contribution in [0.4, 0.5) is 5.82 Å². The highest BCUT2D eigenvalue weighted by atomic mass is 32.2. The smallest absolute Gasteiger partial charge is 0.210 e. The molecule has 2 aromatic heterocycles. The van der Waals surface area contributed by atoms with Gasteiger partial charge in [0.1, 0.15) is 11.4 Å². The zero-order chi connectivity index (χ0) is 15.7. The lowest BCUT2D eigenvalue weighted by atomic mass is 9.96. The van der Waals surface area contributed by atoms with E-state index in [2.05, 4.69) is 9.88 Å². The normalized spacial score (nSPS) is 17.5. The summed E-state index contributed by atoms with van der Waals surface area (Å²) >= 11 is 0. The van der Waals surface area contributed by atoms with Gasteiger partial charge < -0.3 is 9.32 Å². The van der Waals surface area contributed by atoms with E-state index in [0.717, 1.165) is 42.7 Å². The van der Waals surface area contributed by atoms with E-state index in [4.69, 9.17) is 4.42 Å². The average Bonchev–Trinajstić information content (AvgIpc) is 2.95. The minimum atomic E-state index is -3.09. The molecule has 0 N–H and O–H groups in total. The van der Waals surface area contributed by atoms with Gasteiger partial charge in [0, 0.05) is 32.9 Å². The van der Waals surface area contributed by atoms with E-state index < -0.39 is 10.0 Å². The lowest BCUT2D eigenvalue weighted by molar-refractivity contribution is 0.329. The first-order chi connectivity index (χ1) is 10.4. The van der Waals surface area contributed by atoms with Crippen molar-refractivity contribution in [1.29, 1.82) is 0 Å². The van der Waals surface area contributed by atoms with Crippen molar-refractivity contribution in [3.63, 3.8) is 0 Å². The van der Waals surface area contributed by atoms with Gasteiger partial charge in [-0.15, -0.1) is 0 Å². The van der Waals surface area contributed by atoms with E-state index in [9.17, 15) is 8.42 Å². The second kappa shape index (κ2) is 5.89. The second-order valence-corrected chi connectivity index (χ2v) is 8.03. The molecule has 1 saturated heterocycles. The van der Waals surface area contributed by atoms with Crippen molar-refractivity contribution >= 4 is 26.8 Å². The predicted octanol–water partition coefficient (Wildman–Crippen LogP) is 1.94. The molecule has 1 aliphatic rings. The fraction of sp³-hybridized carbons (Fsp3) is 0.533. The first kappa shape index (κ1) is 15.3. The van der Waals surface area contributed by atoms with Crippen LogP contribution in [0.25, 0.3) is 11.0 Å². The lowest BCUT2D eigenvalue weighted by Gasteiger charge is -2.34. The number of sulfonamides is 1. The maximum absolute atomic E-state index is 11.5. The molecule has 22 heavy (non-hydrogen) atoms. The van der Waals surface area contributed by atoms with Crippen LogP contribution in [-0.4, -0.2) is 50.6 Å². The van der Waals surface area contributed by atoms with E-state index in [1.807, 2.05) is 12.1 Å². The minimum absolute atomic E-state index is 0.402. The maximum Gasteiger partial charge on any atom is 0.210 e. The quantitative estimate of drug-likeness (QED) is 0.860. The molecule has 0 amide bonds. The Morgan fingerprint density at radius 1 is 1.36 bits per heavy atom. The summed E-state index contributed by atoms with van der Waals surface area (Å²) in [5.41, 5.74) is 0.851. The number of fused-ring (bicyclic) bond motifs is 1. The first-order valence-electron chi connectivity index (χ1n) is 7.43. The van der Waals surface area contributed by atoms with Crippen LogP contribution < -0.4 is 4.90 Å². The number of nitrogens with zero attached hydrogens (tertiary/aromatic N) is 3. The van der Waals surface area contributed by atoms with Gasteiger partial charge in [-0.2, -0.15) is 0 Å². The van der Waals surface area contributed by atoms with Crippen LogP contribution in [-0.2, 0) is 10.0 Å². The Balaban J connectivity index is 1.66. The highest BCUT2D eigenvalue weighted by molar-refractivity contribution is 7.88. The van der Waals surface area contributed by atoms with Crippen molar-refractivity contribution in [2.75, 3.05) is 37.8 Å². The molecular weight excluding hydrogens is 302 g/mol. The standard InChI is InChI=1S/C15H21N3O3S/c1-17(22(2,19)20)11-12-4-8-18(9-5-12)15-13-6-10-21-14(13)3-7-16-15/h3,6-7,10,12H,4-5,8-9,11H2,1-2H3. The van der Waals surface area contributed by atoms with Crippen LogP contribution in [0.15, 0.2) is 29.0 Å². The molecule has 0 bridgehead atoms. The lowest BCUT2D eigenvalue weighted by Crippen LogP contribution is -2.39. The molecule has 1 fully saturated rings. The molecular formula is C15H21N3O3S. The van der Waals surface area contributed by atoms with E-state index >= 15 is 0 Å². The van der Waals surface area contributed by atoms with Crippen molar-refractivity contribution in [3.05, 3.63) is 24.6 Å². The SMILES string of the molecule is CN(CC1CCN(c2nccc3occc23)CC1)S(C)(=O)=O. The van der Waals surface area contributed by atoms with Gasteiger partial charge in [0.15, 0.2) is 0 Å². The molecule has 7 heteroatoms. The third kappa shape index (κ3) is 3.10. The summed E-state index contributed by atoms with van der Waals surface area (Å²) in [7, 11) is -1.45. The summed E-state index contributed by atoms with van der Waals surface area (Å²) in [5, 5.41) is 1.04. The number of hydrogen-bond acceptors (Lipinski definition) is 5. The molecule has 3 rings (SSSR count). The van der Waals surface area contributed by atoms with Gasteiger partial charge in [0.25, 0.3) is 0 Å². The number of anilines is 1. The Kier molecular flexibility index (Phi) is 4.10. The molecule has 3 heterocycles.